The van der Waals surface area contributed by atoms with Crippen LogP contribution in [0.15, 0.2) is 30.3 Å². The Kier molecular flexibility index (Phi) is 5.91. The van der Waals surface area contributed by atoms with Gasteiger partial charge in [0, 0.05) is 11.4 Å². The van der Waals surface area contributed by atoms with E-state index in [0.717, 1.165) is 16.0 Å². The average molecular weight is 335 g/mol. The first-order valence-corrected chi connectivity index (χ1v) is 8.51. The van der Waals surface area contributed by atoms with E-state index in [9.17, 15) is 14.3 Å². The molecule has 0 aliphatic carbocycles. The number of rotatable bonds is 6. The Bertz CT molecular complexity index is 664. The zero-order valence-electron chi connectivity index (χ0n) is 13.6. The molecule has 2 rings (SSSR count). The second-order valence-electron chi connectivity index (χ2n) is 5.99. The van der Waals surface area contributed by atoms with Crippen molar-refractivity contribution in [1.82, 2.24) is 5.32 Å². The number of carbonyl (C=O) groups is 1. The molecule has 2 aromatic rings. The van der Waals surface area contributed by atoms with Gasteiger partial charge in [0.1, 0.15) is 5.82 Å². The number of aliphatic hydroxyl groups excluding tert-OH is 1. The first-order valence-electron chi connectivity index (χ1n) is 7.69. The summed E-state index contributed by atoms with van der Waals surface area (Å²) >= 11 is 1.43. The van der Waals surface area contributed by atoms with Gasteiger partial charge in [0.2, 0.25) is 0 Å². The molecule has 0 radical (unpaired) electrons. The van der Waals surface area contributed by atoms with Gasteiger partial charge in [-0.1, -0.05) is 19.1 Å². The lowest BCUT2D eigenvalue weighted by molar-refractivity contribution is 0.0943. The summed E-state index contributed by atoms with van der Waals surface area (Å²) in [4.78, 5) is 13.9. The number of aryl methyl sites for hydroxylation is 1. The lowest BCUT2D eigenvalue weighted by Gasteiger charge is -2.13. The van der Waals surface area contributed by atoms with Crippen molar-refractivity contribution in [3.05, 3.63) is 45.9 Å². The second kappa shape index (κ2) is 7.70. The fourth-order valence-electron chi connectivity index (χ4n) is 2.53. The molecule has 5 heteroatoms. The van der Waals surface area contributed by atoms with Crippen molar-refractivity contribution in [3.8, 4) is 11.1 Å². The molecule has 1 heterocycles. The van der Waals surface area contributed by atoms with Crippen molar-refractivity contribution >= 4 is 17.2 Å². The number of halogens is 1. The van der Waals surface area contributed by atoms with Gasteiger partial charge in [-0.05, 0) is 55.5 Å². The van der Waals surface area contributed by atoms with Crippen LogP contribution in [0.3, 0.4) is 0 Å². The Labute approximate surface area is 140 Å². The maximum Gasteiger partial charge on any atom is 0.261 e. The highest BCUT2D eigenvalue weighted by atomic mass is 32.1. The summed E-state index contributed by atoms with van der Waals surface area (Å²) in [5.74, 6) is -0.160. The van der Waals surface area contributed by atoms with Crippen LogP contribution in [0.25, 0.3) is 11.1 Å². The monoisotopic (exact) mass is 335 g/mol. The third-order valence-corrected chi connectivity index (χ3v) is 4.70. The molecule has 2 atom stereocenters. The minimum absolute atomic E-state index is 0.107. The largest absolute Gasteiger partial charge is 0.393 e. The Hall–Kier alpha value is -1.72. The van der Waals surface area contributed by atoms with Crippen molar-refractivity contribution in [2.45, 2.75) is 33.3 Å². The average Bonchev–Trinajstić information content (AvgIpc) is 2.87. The molecule has 2 N–H and O–H groups in total. The van der Waals surface area contributed by atoms with E-state index in [1.807, 2.05) is 19.9 Å². The topological polar surface area (TPSA) is 49.3 Å². The molecule has 2 unspecified atom stereocenters. The Morgan fingerprint density at radius 3 is 2.57 bits per heavy atom. The maximum absolute atomic E-state index is 13.0. The Morgan fingerprint density at radius 2 is 1.96 bits per heavy atom. The lowest BCUT2D eigenvalue weighted by atomic mass is 10.0. The minimum Gasteiger partial charge on any atom is -0.393 e. The second-order valence-corrected chi connectivity index (χ2v) is 7.24. The molecule has 0 fully saturated rings. The van der Waals surface area contributed by atoms with Crippen LogP contribution in [0.5, 0.6) is 0 Å². The Morgan fingerprint density at radius 1 is 1.30 bits per heavy atom. The fraction of sp³-hybridized carbons (Fsp3) is 0.389. The van der Waals surface area contributed by atoms with Gasteiger partial charge in [0.05, 0.1) is 11.0 Å². The SMILES string of the molecule is Cc1sc(C(=O)NCC(C)CC(C)O)cc1-c1ccc(F)cc1. The molecule has 3 nitrogen and oxygen atoms in total. The number of hydrogen-bond donors (Lipinski definition) is 2. The normalized spacial score (nSPS) is 13.6. The summed E-state index contributed by atoms with van der Waals surface area (Å²) in [6.07, 6.45) is 0.292. The summed E-state index contributed by atoms with van der Waals surface area (Å²) in [6.45, 7) is 6.23. The zero-order chi connectivity index (χ0) is 17.0. The number of benzene rings is 1. The molecule has 1 amide bonds. The predicted molar refractivity (Wildman–Crippen MR) is 92.2 cm³/mol. The first-order chi connectivity index (χ1) is 10.9. The van der Waals surface area contributed by atoms with Gasteiger partial charge in [-0.25, -0.2) is 4.39 Å². The Balaban J connectivity index is 2.05. The highest BCUT2D eigenvalue weighted by molar-refractivity contribution is 7.14. The van der Waals surface area contributed by atoms with Crippen molar-refractivity contribution < 1.29 is 14.3 Å². The van der Waals surface area contributed by atoms with Gasteiger partial charge >= 0.3 is 0 Å². The van der Waals surface area contributed by atoms with Crippen molar-refractivity contribution in [2.75, 3.05) is 6.54 Å². The van der Waals surface area contributed by atoms with Crippen LogP contribution in [0.1, 0.15) is 34.8 Å². The van der Waals surface area contributed by atoms with Gasteiger partial charge < -0.3 is 10.4 Å². The third kappa shape index (κ3) is 4.88. The van der Waals surface area contributed by atoms with Crippen LogP contribution in [0.2, 0.25) is 0 Å². The molecule has 23 heavy (non-hydrogen) atoms. The first kappa shape index (κ1) is 17.6. The zero-order valence-corrected chi connectivity index (χ0v) is 14.4. The predicted octanol–water partition coefficient (Wildman–Crippen LogP) is 4.00. The summed E-state index contributed by atoms with van der Waals surface area (Å²) in [5, 5.41) is 12.3. The van der Waals surface area contributed by atoms with E-state index in [4.69, 9.17) is 0 Å². The van der Waals surface area contributed by atoms with Gasteiger partial charge in [0.25, 0.3) is 5.91 Å². The van der Waals surface area contributed by atoms with Crippen LogP contribution in [0, 0.1) is 18.7 Å². The van der Waals surface area contributed by atoms with E-state index in [1.165, 1.54) is 23.5 Å². The summed E-state index contributed by atoms with van der Waals surface area (Å²) < 4.78 is 13.0. The lowest BCUT2D eigenvalue weighted by Crippen LogP contribution is -2.28. The molecule has 0 aliphatic heterocycles. The van der Waals surface area contributed by atoms with E-state index < -0.39 is 0 Å². The van der Waals surface area contributed by atoms with E-state index in [0.29, 0.717) is 17.8 Å². The van der Waals surface area contributed by atoms with Gasteiger partial charge in [-0.2, -0.15) is 0 Å². The molecule has 0 saturated carbocycles. The summed E-state index contributed by atoms with van der Waals surface area (Å²) in [6, 6.07) is 8.13. The smallest absolute Gasteiger partial charge is 0.261 e. The highest BCUT2D eigenvalue weighted by Crippen LogP contribution is 2.31. The quantitative estimate of drug-likeness (QED) is 0.838. The molecule has 1 aromatic carbocycles. The molecule has 0 bridgehead atoms. The number of hydrogen-bond acceptors (Lipinski definition) is 3. The molecular formula is C18H22FNO2S. The number of thiophene rings is 1. The van der Waals surface area contributed by atoms with E-state index in [2.05, 4.69) is 5.32 Å². The van der Waals surface area contributed by atoms with Crippen molar-refractivity contribution in [1.29, 1.82) is 0 Å². The van der Waals surface area contributed by atoms with Crippen LogP contribution >= 0.6 is 11.3 Å². The van der Waals surface area contributed by atoms with Crippen molar-refractivity contribution in [3.63, 3.8) is 0 Å². The molecular weight excluding hydrogens is 313 g/mol. The number of carbonyl (C=O) groups excluding carboxylic acids is 1. The van der Waals surface area contributed by atoms with Crippen LogP contribution in [-0.2, 0) is 0 Å². The van der Waals surface area contributed by atoms with Crippen LogP contribution < -0.4 is 5.32 Å². The highest BCUT2D eigenvalue weighted by Gasteiger charge is 2.15. The van der Waals surface area contributed by atoms with Gasteiger partial charge in [-0.3, -0.25) is 4.79 Å². The molecule has 124 valence electrons. The fourth-order valence-corrected chi connectivity index (χ4v) is 3.49. The molecule has 0 saturated heterocycles. The van der Waals surface area contributed by atoms with Crippen LogP contribution in [-0.4, -0.2) is 23.7 Å². The standard InChI is InChI=1S/C18H22FNO2S/c1-11(8-12(2)21)10-20-18(22)17-9-16(13(3)23-17)14-4-6-15(19)7-5-14/h4-7,9,11-12,21H,8,10H2,1-3H3,(H,20,22). The number of aliphatic hydroxyl groups is 1. The van der Waals surface area contributed by atoms with E-state index >= 15 is 0 Å². The van der Waals surface area contributed by atoms with Crippen molar-refractivity contribution in [2.24, 2.45) is 5.92 Å². The van der Waals surface area contributed by atoms with E-state index in [-0.39, 0.29) is 23.7 Å². The number of nitrogens with one attached hydrogen (secondary N) is 1. The molecule has 1 aromatic heterocycles. The van der Waals surface area contributed by atoms with Gasteiger partial charge in [-0.15, -0.1) is 11.3 Å². The molecule has 0 spiro atoms. The third-order valence-electron chi connectivity index (χ3n) is 3.65. The van der Waals surface area contributed by atoms with Crippen LogP contribution in [0.4, 0.5) is 4.39 Å². The number of amides is 1. The maximum atomic E-state index is 13.0. The minimum atomic E-state index is -0.365. The van der Waals surface area contributed by atoms with E-state index in [1.54, 1.807) is 19.1 Å². The molecule has 0 aliphatic rings. The summed E-state index contributed by atoms with van der Waals surface area (Å²) in [7, 11) is 0. The summed E-state index contributed by atoms with van der Waals surface area (Å²) in [5.41, 5.74) is 1.86. The van der Waals surface area contributed by atoms with Gasteiger partial charge in [0.15, 0.2) is 0 Å².